The maximum absolute atomic E-state index is 13.3. The Labute approximate surface area is 173 Å². The lowest BCUT2D eigenvalue weighted by Crippen LogP contribution is -2.40. The first-order valence-corrected chi connectivity index (χ1v) is 10.6. The summed E-state index contributed by atoms with van der Waals surface area (Å²) in [7, 11) is -3.76. The molecule has 5 nitrogen and oxygen atoms in total. The van der Waals surface area contributed by atoms with Crippen LogP contribution in [0.25, 0.3) is 16.9 Å². The molecule has 1 heterocycles. The average Bonchev–Trinajstić information content (AvgIpc) is 3.06. The summed E-state index contributed by atoms with van der Waals surface area (Å²) in [5.74, 6) is 0. The second kappa shape index (κ2) is 7.55. The highest BCUT2D eigenvalue weighted by Gasteiger charge is 2.35. The Kier molecular flexibility index (Phi) is 5.55. The van der Waals surface area contributed by atoms with Gasteiger partial charge in [0.2, 0.25) is 10.0 Å². The Hall–Kier alpha value is -2.65. The minimum absolute atomic E-state index is 0.0151. The van der Waals surface area contributed by atoms with Gasteiger partial charge in [0.25, 0.3) is 0 Å². The van der Waals surface area contributed by atoms with Crippen LogP contribution in [0.1, 0.15) is 32.0 Å². The molecular weight excluding hydrogens is 415 g/mol. The van der Waals surface area contributed by atoms with Crippen LogP contribution in [0.4, 0.5) is 13.2 Å². The van der Waals surface area contributed by atoms with Gasteiger partial charge in [0.1, 0.15) is 0 Å². The van der Waals surface area contributed by atoms with Crippen molar-refractivity contribution in [3.05, 3.63) is 65.9 Å². The molecule has 0 aliphatic carbocycles. The first kappa shape index (κ1) is 22.0. The van der Waals surface area contributed by atoms with Crippen LogP contribution in [0, 0.1) is 6.92 Å². The number of hydrogen-bond donors (Lipinski definition) is 1. The Morgan fingerprint density at radius 3 is 2.00 bits per heavy atom. The molecule has 0 aliphatic heterocycles. The summed E-state index contributed by atoms with van der Waals surface area (Å²) < 4.78 is 68.5. The van der Waals surface area contributed by atoms with Crippen LogP contribution >= 0.6 is 0 Å². The highest BCUT2D eigenvalue weighted by molar-refractivity contribution is 7.89. The zero-order valence-corrected chi connectivity index (χ0v) is 17.8. The molecule has 0 fully saturated rings. The molecule has 3 aromatic rings. The molecule has 1 N–H and O–H groups in total. The fourth-order valence-electron chi connectivity index (χ4n) is 2.87. The van der Waals surface area contributed by atoms with E-state index in [2.05, 4.69) is 9.82 Å². The third kappa shape index (κ3) is 4.91. The summed E-state index contributed by atoms with van der Waals surface area (Å²) in [6.45, 7) is 7.03. The molecule has 0 spiro atoms. The van der Waals surface area contributed by atoms with Gasteiger partial charge in [-0.25, -0.2) is 17.8 Å². The van der Waals surface area contributed by atoms with E-state index in [1.165, 1.54) is 28.9 Å². The lowest BCUT2D eigenvalue weighted by molar-refractivity contribution is -0.141. The number of halogens is 3. The van der Waals surface area contributed by atoms with Crippen LogP contribution in [-0.4, -0.2) is 23.7 Å². The number of aromatic nitrogens is 2. The molecule has 160 valence electrons. The molecule has 2 aromatic carbocycles. The number of nitrogens with one attached hydrogen (secondary N) is 1. The van der Waals surface area contributed by atoms with Gasteiger partial charge in [0.15, 0.2) is 5.69 Å². The van der Waals surface area contributed by atoms with Crippen molar-refractivity contribution in [3.63, 3.8) is 0 Å². The topological polar surface area (TPSA) is 64.0 Å². The number of nitrogens with zero attached hydrogens (tertiary/aromatic N) is 2. The van der Waals surface area contributed by atoms with E-state index in [9.17, 15) is 21.6 Å². The molecule has 0 bridgehead atoms. The van der Waals surface area contributed by atoms with E-state index < -0.39 is 27.4 Å². The Morgan fingerprint density at radius 1 is 0.933 bits per heavy atom. The van der Waals surface area contributed by atoms with Crippen molar-refractivity contribution in [2.45, 2.75) is 44.3 Å². The van der Waals surface area contributed by atoms with Gasteiger partial charge in [0.05, 0.1) is 16.3 Å². The Morgan fingerprint density at radius 2 is 1.50 bits per heavy atom. The monoisotopic (exact) mass is 437 g/mol. The number of sulfonamides is 1. The van der Waals surface area contributed by atoms with Crippen molar-refractivity contribution in [3.8, 4) is 16.9 Å². The average molecular weight is 437 g/mol. The molecule has 0 radical (unpaired) electrons. The van der Waals surface area contributed by atoms with Gasteiger partial charge in [-0.3, -0.25) is 0 Å². The molecule has 0 amide bonds. The SMILES string of the molecule is Cc1ccc(-c2cc(C(F)(F)F)nn2-c2ccc(S(=O)(=O)NC(C)(C)C)cc2)cc1. The van der Waals surface area contributed by atoms with Gasteiger partial charge < -0.3 is 0 Å². The molecule has 9 heteroatoms. The molecule has 0 saturated carbocycles. The van der Waals surface area contributed by atoms with Crippen molar-refractivity contribution in [2.24, 2.45) is 0 Å². The maximum atomic E-state index is 13.3. The van der Waals surface area contributed by atoms with Crippen LogP contribution in [0.2, 0.25) is 0 Å². The summed E-state index contributed by atoms with van der Waals surface area (Å²) >= 11 is 0. The largest absolute Gasteiger partial charge is 0.435 e. The van der Waals surface area contributed by atoms with Crippen LogP contribution in [0.5, 0.6) is 0 Å². The quantitative estimate of drug-likeness (QED) is 0.629. The molecule has 30 heavy (non-hydrogen) atoms. The molecule has 0 unspecified atom stereocenters. The second-order valence-corrected chi connectivity index (χ2v) is 9.72. The van der Waals surface area contributed by atoms with Gasteiger partial charge in [-0.15, -0.1) is 0 Å². The van der Waals surface area contributed by atoms with E-state index >= 15 is 0 Å². The summed E-state index contributed by atoms with van der Waals surface area (Å²) in [6.07, 6.45) is -4.61. The van der Waals surface area contributed by atoms with E-state index in [4.69, 9.17) is 0 Å². The minimum atomic E-state index is -4.61. The third-order valence-electron chi connectivity index (χ3n) is 4.18. The predicted molar refractivity (Wildman–Crippen MR) is 109 cm³/mol. The molecule has 3 rings (SSSR count). The lowest BCUT2D eigenvalue weighted by Gasteiger charge is -2.20. The van der Waals surface area contributed by atoms with Crippen LogP contribution in [0.15, 0.2) is 59.5 Å². The van der Waals surface area contributed by atoms with Gasteiger partial charge in [-0.1, -0.05) is 29.8 Å². The number of aryl methyl sites for hydroxylation is 1. The van der Waals surface area contributed by atoms with Gasteiger partial charge >= 0.3 is 6.18 Å². The number of rotatable bonds is 4. The van der Waals surface area contributed by atoms with E-state index in [0.29, 0.717) is 11.3 Å². The van der Waals surface area contributed by atoms with Crippen molar-refractivity contribution >= 4 is 10.0 Å². The van der Waals surface area contributed by atoms with Crippen molar-refractivity contribution < 1.29 is 21.6 Å². The van der Waals surface area contributed by atoms with E-state index in [1.807, 2.05) is 6.92 Å². The molecule has 1 aromatic heterocycles. The summed E-state index contributed by atoms with van der Waals surface area (Å²) in [5.41, 5.74) is 0.418. The lowest BCUT2D eigenvalue weighted by atomic mass is 10.1. The fourth-order valence-corrected chi connectivity index (χ4v) is 4.29. The first-order chi connectivity index (χ1) is 13.8. The van der Waals surface area contributed by atoms with Gasteiger partial charge in [-0.2, -0.15) is 18.3 Å². The van der Waals surface area contributed by atoms with Gasteiger partial charge in [-0.05, 0) is 58.0 Å². The van der Waals surface area contributed by atoms with Crippen LogP contribution in [-0.2, 0) is 16.2 Å². The molecule has 0 aliphatic rings. The fraction of sp³-hybridized carbons (Fsp3) is 0.286. The summed E-state index contributed by atoms with van der Waals surface area (Å²) in [6, 6.07) is 13.6. The van der Waals surface area contributed by atoms with Crippen molar-refractivity contribution in [1.29, 1.82) is 0 Å². The predicted octanol–water partition coefficient (Wildman–Crippen LogP) is 4.94. The van der Waals surface area contributed by atoms with Gasteiger partial charge in [0, 0.05) is 11.1 Å². The smallest absolute Gasteiger partial charge is 0.233 e. The molecule has 0 atom stereocenters. The number of hydrogen-bond acceptors (Lipinski definition) is 3. The number of alkyl halides is 3. The highest BCUT2D eigenvalue weighted by atomic mass is 32.2. The summed E-state index contributed by atoms with van der Waals surface area (Å²) in [4.78, 5) is 0.0151. The van der Waals surface area contributed by atoms with E-state index in [1.54, 1.807) is 45.0 Å². The molecule has 0 saturated heterocycles. The second-order valence-electron chi connectivity index (χ2n) is 8.04. The maximum Gasteiger partial charge on any atom is 0.435 e. The Bertz CT molecular complexity index is 1140. The zero-order valence-electron chi connectivity index (χ0n) is 16.9. The normalized spacial score (nSPS) is 12.9. The van der Waals surface area contributed by atoms with E-state index in [-0.39, 0.29) is 10.6 Å². The molecular formula is C21H22F3N3O2S. The van der Waals surface area contributed by atoms with E-state index in [0.717, 1.165) is 11.6 Å². The third-order valence-corrected chi connectivity index (χ3v) is 5.95. The number of benzene rings is 2. The summed E-state index contributed by atoms with van der Waals surface area (Å²) in [5, 5.41) is 3.73. The standard InChI is InChI=1S/C21H22F3N3O2S/c1-14-5-7-15(8-6-14)18-13-19(21(22,23)24)25-27(18)16-9-11-17(12-10-16)30(28,29)26-20(2,3)4/h5-13,26H,1-4H3. The van der Waals surface area contributed by atoms with Crippen molar-refractivity contribution in [1.82, 2.24) is 14.5 Å². The Balaban J connectivity index is 2.07. The minimum Gasteiger partial charge on any atom is -0.233 e. The highest BCUT2D eigenvalue weighted by Crippen LogP contribution is 2.33. The first-order valence-electron chi connectivity index (χ1n) is 9.15. The van der Waals surface area contributed by atoms with Crippen LogP contribution < -0.4 is 4.72 Å². The van der Waals surface area contributed by atoms with Crippen LogP contribution in [0.3, 0.4) is 0 Å². The zero-order chi connectivity index (χ0) is 22.3. The van der Waals surface area contributed by atoms with Crippen molar-refractivity contribution in [2.75, 3.05) is 0 Å².